The van der Waals surface area contributed by atoms with E-state index in [2.05, 4.69) is 4.90 Å². The number of rotatable bonds is 3. The first-order valence-corrected chi connectivity index (χ1v) is 7.91. The minimum Gasteiger partial charge on any atom is -0.369 e. The van der Waals surface area contributed by atoms with Gasteiger partial charge in [0.15, 0.2) is 0 Å². The van der Waals surface area contributed by atoms with E-state index in [0.717, 1.165) is 32.5 Å². The molecule has 0 saturated carbocycles. The van der Waals surface area contributed by atoms with Gasteiger partial charge in [-0.3, -0.25) is 14.5 Å². The summed E-state index contributed by atoms with van der Waals surface area (Å²) < 4.78 is 0. The number of primary amides is 1. The molecule has 2 N–H and O–H groups in total. The van der Waals surface area contributed by atoms with Crippen LogP contribution in [0.3, 0.4) is 0 Å². The fourth-order valence-corrected chi connectivity index (χ4v) is 3.31. The van der Waals surface area contributed by atoms with E-state index in [4.69, 9.17) is 5.73 Å². The summed E-state index contributed by atoms with van der Waals surface area (Å²) in [6.07, 6.45) is 6.60. The van der Waals surface area contributed by atoms with Crippen LogP contribution in [0.4, 0.5) is 0 Å². The molecular weight excluding hydrogens is 254 g/mol. The second-order valence-electron chi connectivity index (χ2n) is 6.15. The Labute approximate surface area is 121 Å². The quantitative estimate of drug-likeness (QED) is 0.838. The lowest BCUT2D eigenvalue weighted by molar-refractivity contribution is -0.139. The second-order valence-corrected chi connectivity index (χ2v) is 6.15. The number of hydrogen-bond acceptors (Lipinski definition) is 3. The lowest BCUT2D eigenvalue weighted by Crippen LogP contribution is -2.51. The number of amides is 2. The summed E-state index contributed by atoms with van der Waals surface area (Å²) >= 11 is 0. The lowest BCUT2D eigenvalue weighted by atomic mass is 9.97. The van der Waals surface area contributed by atoms with Crippen LogP contribution in [0, 0.1) is 5.92 Å². The molecule has 0 spiro atoms. The molecule has 5 heteroatoms. The Hall–Kier alpha value is -1.10. The molecular formula is C15H27N3O2. The van der Waals surface area contributed by atoms with Gasteiger partial charge in [0.05, 0.1) is 12.0 Å². The molecule has 2 amide bonds. The van der Waals surface area contributed by atoms with Crippen molar-refractivity contribution in [2.45, 2.75) is 51.5 Å². The van der Waals surface area contributed by atoms with Crippen molar-refractivity contribution in [3.05, 3.63) is 0 Å². The molecule has 0 bridgehead atoms. The van der Waals surface area contributed by atoms with Crippen LogP contribution in [0.2, 0.25) is 0 Å². The van der Waals surface area contributed by atoms with Crippen LogP contribution in [-0.4, -0.2) is 53.8 Å². The molecule has 0 aromatic carbocycles. The van der Waals surface area contributed by atoms with Gasteiger partial charge in [-0.05, 0) is 45.7 Å². The van der Waals surface area contributed by atoms with E-state index in [1.807, 2.05) is 11.8 Å². The normalized spacial score (nSPS) is 26.9. The third kappa shape index (κ3) is 3.72. The smallest absolute Gasteiger partial charge is 0.239 e. The lowest BCUT2D eigenvalue weighted by Gasteiger charge is -2.36. The Balaban J connectivity index is 1.93. The van der Waals surface area contributed by atoms with E-state index in [1.165, 1.54) is 25.7 Å². The zero-order valence-corrected chi connectivity index (χ0v) is 12.5. The van der Waals surface area contributed by atoms with Gasteiger partial charge in [-0.15, -0.1) is 0 Å². The van der Waals surface area contributed by atoms with Gasteiger partial charge in [0.1, 0.15) is 0 Å². The molecule has 2 aliphatic rings. The SMILES string of the molecule is C[C@@H](C(=O)N1CCC[C@@H](C(N)=O)C1)N1CCCCCC1. The van der Waals surface area contributed by atoms with Gasteiger partial charge in [0, 0.05) is 13.1 Å². The Morgan fingerprint density at radius 2 is 1.70 bits per heavy atom. The first kappa shape index (κ1) is 15.3. The molecule has 114 valence electrons. The summed E-state index contributed by atoms with van der Waals surface area (Å²) in [5.41, 5.74) is 5.38. The average molecular weight is 281 g/mol. The Bertz CT molecular complexity index is 351. The van der Waals surface area contributed by atoms with Crippen molar-refractivity contribution < 1.29 is 9.59 Å². The number of carbonyl (C=O) groups is 2. The molecule has 0 aromatic heterocycles. The first-order chi connectivity index (χ1) is 9.59. The standard InChI is InChI=1S/C15H27N3O2/c1-12(17-8-4-2-3-5-9-17)15(20)18-10-6-7-13(11-18)14(16)19/h12-13H,2-11H2,1H3,(H2,16,19)/t12-,13+/m0/s1. The van der Waals surface area contributed by atoms with Crippen molar-refractivity contribution in [1.82, 2.24) is 9.80 Å². The maximum absolute atomic E-state index is 12.6. The van der Waals surface area contributed by atoms with Crippen LogP contribution in [0.25, 0.3) is 0 Å². The molecule has 0 aromatic rings. The molecule has 0 unspecified atom stereocenters. The molecule has 2 atom stereocenters. The van der Waals surface area contributed by atoms with E-state index in [9.17, 15) is 9.59 Å². The van der Waals surface area contributed by atoms with E-state index in [0.29, 0.717) is 6.54 Å². The number of carbonyl (C=O) groups excluding carboxylic acids is 2. The Kier molecular flexibility index (Phi) is 5.40. The summed E-state index contributed by atoms with van der Waals surface area (Å²) in [4.78, 5) is 28.1. The minimum atomic E-state index is -0.273. The molecule has 2 aliphatic heterocycles. The van der Waals surface area contributed by atoms with E-state index in [-0.39, 0.29) is 23.8 Å². The molecule has 2 fully saturated rings. The third-order valence-electron chi connectivity index (χ3n) is 4.68. The maximum atomic E-state index is 12.6. The minimum absolute atomic E-state index is 0.0697. The van der Waals surface area contributed by atoms with Crippen molar-refractivity contribution in [3.8, 4) is 0 Å². The van der Waals surface area contributed by atoms with Crippen molar-refractivity contribution in [2.75, 3.05) is 26.2 Å². The van der Waals surface area contributed by atoms with E-state index < -0.39 is 0 Å². The van der Waals surface area contributed by atoms with Crippen molar-refractivity contribution >= 4 is 11.8 Å². The number of piperidine rings is 1. The highest BCUT2D eigenvalue weighted by atomic mass is 16.2. The van der Waals surface area contributed by atoms with Gasteiger partial charge in [-0.1, -0.05) is 12.8 Å². The van der Waals surface area contributed by atoms with Gasteiger partial charge in [0.25, 0.3) is 0 Å². The Morgan fingerprint density at radius 3 is 2.30 bits per heavy atom. The average Bonchev–Trinajstić information content (AvgIpc) is 2.75. The van der Waals surface area contributed by atoms with Crippen LogP contribution < -0.4 is 5.73 Å². The highest BCUT2D eigenvalue weighted by Gasteiger charge is 2.31. The van der Waals surface area contributed by atoms with E-state index in [1.54, 1.807) is 0 Å². The number of nitrogens with two attached hydrogens (primary N) is 1. The second kappa shape index (κ2) is 7.07. The topological polar surface area (TPSA) is 66.6 Å². The number of nitrogens with zero attached hydrogens (tertiary/aromatic N) is 2. The highest BCUT2D eigenvalue weighted by molar-refractivity contribution is 5.83. The molecule has 20 heavy (non-hydrogen) atoms. The summed E-state index contributed by atoms with van der Waals surface area (Å²) in [5.74, 6) is -0.271. The van der Waals surface area contributed by atoms with Gasteiger partial charge < -0.3 is 10.6 Å². The molecule has 2 heterocycles. The van der Waals surface area contributed by atoms with Crippen LogP contribution >= 0.6 is 0 Å². The van der Waals surface area contributed by atoms with Gasteiger partial charge in [0.2, 0.25) is 11.8 Å². The third-order valence-corrected chi connectivity index (χ3v) is 4.68. The van der Waals surface area contributed by atoms with Crippen LogP contribution in [0.1, 0.15) is 45.4 Å². The fourth-order valence-electron chi connectivity index (χ4n) is 3.31. The summed E-state index contributed by atoms with van der Waals surface area (Å²) in [6.45, 7) is 5.30. The van der Waals surface area contributed by atoms with Crippen molar-refractivity contribution in [3.63, 3.8) is 0 Å². The van der Waals surface area contributed by atoms with Gasteiger partial charge in [-0.25, -0.2) is 0 Å². The summed E-state index contributed by atoms with van der Waals surface area (Å²) in [6, 6.07) is -0.0697. The summed E-state index contributed by atoms with van der Waals surface area (Å²) in [5, 5.41) is 0. The zero-order chi connectivity index (χ0) is 14.5. The van der Waals surface area contributed by atoms with Gasteiger partial charge >= 0.3 is 0 Å². The molecule has 0 aliphatic carbocycles. The molecule has 0 radical (unpaired) electrons. The zero-order valence-electron chi connectivity index (χ0n) is 12.5. The van der Waals surface area contributed by atoms with Crippen LogP contribution in [-0.2, 0) is 9.59 Å². The predicted molar refractivity (Wildman–Crippen MR) is 78.0 cm³/mol. The van der Waals surface area contributed by atoms with E-state index >= 15 is 0 Å². The largest absolute Gasteiger partial charge is 0.369 e. The van der Waals surface area contributed by atoms with Crippen molar-refractivity contribution in [2.24, 2.45) is 11.7 Å². The Morgan fingerprint density at radius 1 is 1.05 bits per heavy atom. The highest BCUT2D eigenvalue weighted by Crippen LogP contribution is 2.19. The summed E-state index contributed by atoms with van der Waals surface area (Å²) in [7, 11) is 0. The fraction of sp³-hybridized carbons (Fsp3) is 0.867. The van der Waals surface area contributed by atoms with Crippen molar-refractivity contribution in [1.29, 1.82) is 0 Å². The van der Waals surface area contributed by atoms with Crippen LogP contribution in [0.5, 0.6) is 0 Å². The maximum Gasteiger partial charge on any atom is 0.239 e. The number of likely N-dealkylation sites (tertiary alicyclic amines) is 2. The molecule has 2 rings (SSSR count). The number of hydrogen-bond donors (Lipinski definition) is 1. The molecule has 2 saturated heterocycles. The van der Waals surface area contributed by atoms with Crippen LogP contribution in [0.15, 0.2) is 0 Å². The monoisotopic (exact) mass is 281 g/mol. The predicted octanol–water partition coefficient (Wildman–Crippen LogP) is 0.975. The first-order valence-electron chi connectivity index (χ1n) is 7.91. The molecule has 5 nitrogen and oxygen atoms in total. The van der Waals surface area contributed by atoms with Gasteiger partial charge in [-0.2, -0.15) is 0 Å².